The fraction of sp³-hybridized carbons (Fsp3) is 0.125. The van der Waals surface area contributed by atoms with Gasteiger partial charge in [-0.3, -0.25) is 9.63 Å². The van der Waals surface area contributed by atoms with Crippen LogP contribution in [0.3, 0.4) is 0 Å². The van der Waals surface area contributed by atoms with E-state index in [4.69, 9.17) is 5.73 Å². The molecule has 0 aliphatic rings. The van der Waals surface area contributed by atoms with E-state index in [1.807, 2.05) is 0 Å². The van der Waals surface area contributed by atoms with Crippen molar-refractivity contribution in [2.45, 2.75) is 4.90 Å². The summed E-state index contributed by atoms with van der Waals surface area (Å²) in [6.45, 7) is -0.524. The van der Waals surface area contributed by atoms with Gasteiger partial charge in [0.2, 0.25) is 5.91 Å². The topological polar surface area (TPSA) is 98.5 Å². The van der Waals surface area contributed by atoms with Gasteiger partial charge in [-0.15, -0.1) is 0 Å². The zero-order valence-corrected chi connectivity index (χ0v) is 10.4. The van der Waals surface area contributed by atoms with Gasteiger partial charge >= 0.3 is 0 Å². The Balaban J connectivity index is 2.79. The summed E-state index contributed by atoms with van der Waals surface area (Å²) in [6, 6.07) is 6.20. The van der Waals surface area contributed by atoms with Crippen molar-refractivity contribution in [3.05, 3.63) is 28.7 Å². The highest BCUT2D eigenvalue weighted by atomic mass is 79.9. The minimum absolute atomic E-state index is 0.0134. The Hall–Kier alpha value is -0.960. The molecular weight excluding hydrogens is 300 g/mol. The molecule has 0 radical (unpaired) electrons. The molecular formula is C8H9BrN2O4S. The van der Waals surface area contributed by atoms with Crippen LogP contribution in [-0.2, 0) is 19.7 Å². The molecule has 0 fully saturated rings. The van der Waals surface area contributed by atoms with E-state index in [0.29, 0.717) is 4.47 Å². The third-order valence-electron chi connectivity index (χ3n) is 1.51. The van der Waals surface area contributed by atoms with Crippen LogP contribution in [-0.4, -0.2) is 20.9 Å². The number of halogens is 1. The Morgan fingerprint density at radius 2 is 2.06 bits per heavy atom. The first-order chi connectivity index (χ1) is 7.43. The van der Waals surface area contributed by atoms with Gasteiger partial charge in [-0.25, -0.2) is 8.42 Å². The van der Waals surface area contributed by atoms with Crippen molar-refractivity contribution in [2.24, 2.45) is 5.73 Å². The Kier molecular flexibility index (Phi) is 4.42. The molecule has 0 saturated heterocycles. The third-order valence-corrected chi connectivity index (χ3v) is 3.74. The van der Waals surface area contributed by atoms with Crippen LogP contribution >= 0.6 is 15.9 Å². The van der Waals surface area contributed by atoms with Crippen LogP contribution < -0.4 is 10.6 Å². The van der Waals surface area contributed by atoms with Crippen LogP contribution in [0.25, 0.3) is 0 Å². The second kappa shape index (κ2) is 5.39. The van der Waals surface area contributed by atoms with Crippen molar-refractivity contribution < 1.29 is 18.0 Å². The smallest absolute Gasteiger partial charge is 0.263 e. The number of sulfonamides is 1. The summed E-state index contributed by atoms with van der Waals surface area (Å²) in [4.78, 5) is 16.6. The largest absolute Gasteiger partial charge is 0.368 e. The predicted octanol–water partition coefficient (Wildman–Crippen LogP) is 0.144. The van der Waals surface area contributed by atoms with E-state index < -0.39 is 22.5 Å². The van der Waals surface area contributed by atoms with E-state index in [9.17, 15) is 13.2 Å². The molecule has 0 saturated carbocycles. The van der Waals surface area contributed by atoms with E-state index in [2.05, 4.69) is 20.8 Å². The monoisotopic (exact) mass is 308 g/mol. The molecule has 0 aliphatic heterocycles. The number of carbonyl (C=O) groups is 1. The van der Waals surface area contributed by atoms with Gasteiger partial charge in [0.05, 0.1) is 4.90 Å². The fourth-order valence-corrected chi connectivity index (χ4v) is 2.70. The molecule has 0 atom stereocenters. The quantitative estimate of drug-likeness (QED) is 0.756. The lowest BCUT2D eigenvalue weighted by Crippen LogP contribution is -2.29. The molecule has 1 rings (SSSR count). The van der Waals surface area contributed by atoms with E-state index in [1.54, 1.807) is 23.1 Å². The number of hydrogen-bond acceptors (Lipinski definition) is 4. The van der Waals surface area contributed by atoms with Crippen molar-refractivity contribution in [3.8, 4) is 0 Å². The lowest BCUT2D eigenvalue weighted by molar-refractivity contribution is -0.123. The summed E-state index contributed by atoms with van der Waals surface area (Å²) in [5, 5.41) is 0. The minimum atomic E-state index is -3.81. The zero-order chi connectivity index (χ0) is 12.2. The number of nitrogens with two attached hydrogens (primary N) is 1. The predicted molar refractivity (Wildman–Crippen MR) is 59.6 cm³/mol. The van der Waals surface area contributed by atoms with Crippen LogP contribution in [0.4, 0.5) is 0 Å². The van der Waals surface area contributed by atoms with E-state index in [-0.39, 0.29) is 4.90 Å². The molecule has 88 valence electrons. The number of rotatable bonds is 5. The normalized spacial score (nSPS) is 11.3. The molecule has 1 amide bonds. The molecule has 0 heterocycles. The van der Waals surface area contributed by atoms with Gasteiger partial charge in [-0.05, 0) is 28.1 Å². The van der Waals surface area contributed by atoms with Gasteiger partial charge in [0, 0.05) is 4.47 Å². The summed E-state index contributed by atoms with van der Waals surface area (Å²) in [7, 11) is -3.81. The standard InChI is InChI=1S/C8H9BrN2O4S/c9-6-3-1-2-4-7(6)16(13,14)11-15-5-8(10)12/h1-4,11H,5H2,(H2,10,12). The summed E-state index contributed by atoms with van der Waals surface area (Å²) >= 11 is 3.09. The van der Waals surface area contributed by atoms with Crippen LogP contribution in [0.1, 0.15) is 0 Å². The van der Waals surface area contributed by atoms with Crippen LogP contribution in [0.2, 0.25) is 0 Å². The van der Waals surface area contributed by atoms with E-state index >= 15 is 0 Å². The summed E-state index contributed by atoms with van der Waals surface area (Å²) in [6.07, 6.45) is 0. The maximum absolute atomic E-state index is 11.6. The molecule has 0 aliphatic carbocycles. The molecule has 3 N–H and O–H groups in total. The molecule has 0 unspecified atom stereocenters. The third kappa shape index (κ3) is 3.56. The van der Waals surface area contributed by atoms with Crippen molar-refractivity contribution in [3.63, 3.8) is 0 Å². The van der Waals surface area contributed by atoms with Crippen molar-refractivity contribution in [1.82, 2.24) is 4.89 Å². The summed E-state index contributed by atoms with van der Waals surface area (Å²) in [5.41, 5.74) is 4.78. The van der Waals surface area contributed by atoms with Crippen LogP contribution in [0.15, 0.2) is 33.6 Å². The Morgan fingerprint density at radius 3 is 2.62 bits per heavy atom. The fourth-order valence-electron chi connectivity index (χ4n) is 0.886. The molecule has 16 heavy (non-hydrogen) atoms. The van der Waals surface area contributed by atoms with Gasteiger partial charge in [-0.2, -0.15) is 0 Å². The van der Waals surface area contributed by atoms with Crippen LogP contribution in [0.5, 0.6) is 0 Å². The maximum atomic E-state index is 11.6. The van der Waals surface area contributed by atoms with Gasteiger partial charge in [0.15, 0.2) is 0 Å². The second-order valence-electron chi connectivity index (χ2n) is 2.77. The summed E-state index contributed by atoms with van der Waals surface area (Å²) < 4.78 is 23.6. The number of carbonyl (C=O) groups excluding carboxylic acids is 1. The van der Waals surface area contributed by atoms with Gasteiger partial charge < -0.3 is 5.73 Å². The number of amides is 1. The Labute approximate surface area is 101 Å². The molecule has 1 aromatic carbocycles. The zero-order valence-electron chi connectivity index (χ0n) is 8.01. The highest BCUT2D eigenvalue weighted by Gasteiger charge is 2.17. The lowest BCUT2D eigenvalue weighted by Gasteiger charge is -2.07. The molecule has 0 aromatic heterocycles. The number of nitrogens with one attached hydrogen (secondary N) is 1. The lowest BCUT2D eigenvalue weighted by atomic mass is 10.4. The molecule has 1 aromatic rings. The van der Waals surface area contributed by atoms with E-state index in [0.717, 1.165) is 0 Å². The molecule has 0 bridgehead atoms. The van der Waals surface area contributed by atoms with Crippen LogP contribution in [0, 0.1) is 0 Å². The van der Waals surface area contributed by atoms with E-state index in [1.165, 1.54) is 6.07 Å². The summed E-state index contributed by atoms with van der Waals surface area (Å²) in [5.74, 6) is -0.769. The SMILES string of the molecule is NC(=O)CONS(=O)(=O)c1ccccc1Br. The maximum Gasteiger partial charge on any atom is 0.263 e. The first-order valence-corrected chi connectivity index (χ1v) is 6.37. The van der Waals surface area contributed by atoms with Crippen molar-refractivity contribution in [1.29, 1.82) is 0 Å². The highest BCUT2D eigenvalue weighted by Crippen LogP contribution is 2.20. The van der Waals surface area contributed by atoms with Crippen molar-refractivity contribution >= 4 is 31.9 Å². The number of primary amides is 1. The second-order valence-corrected chi connectivity index (χ2v) is 5.24. The van der Waals surface area contributed by atoms with Gasteiger partial charge in [0.25, 0.3) is 10.0 Å². The highest BCUT2D eigenvalue weighted by molar-refractivity contribution is 9.10. The Bertz CT molecular complexity index is 489. The number of benzene rings is 1. The average molecular weight is 309 g/mol. The van der Waals surface area contributed by atoms with Gasteiger partial charge in [-0.1, -0.05) is 17.0 Å². The molecule has 6 nitrogen and oxygen atoms in total. The first-order valence-electron chi connectivity index (χ1n) is 4.10. The first kappa shape index (κ1) is 13.1. The number of hydrogen-bond donors (Lipinski definition) is 2. The Morgan fingerprint density at radius 1 is 1.44 bits per heavy atom. The van der Waals surface area contributed by atoms with Gasteiger partial charge in [0.1, 0.15) is 6.61 Å². The average Bonchev–Trinajstić information content (AvgIpc) is 2.17. The van der Waals surface area contributed by atoms with Crippen molar-refractivity contribution in [2.75, 3.05) is 6.61 Å². The molecule has 8 heteroatoms. The molecule has 0 spiro atoms. The minimum Gasteiger partial charge on any atom is -0.368 e.